The van der Waals surface area contributed by atoms with E-state index < -0.39 is 23.4 Å². The van der Waals surface area contributed by atoms with E-state index in [9.17, 15) is 18.4 Å². The summed E-state index contributed by atoms with van der Waals surface area (Å²) in [5.41, 5.74) is 6.79. The summed E-state index contributed by atoms with van der Waals surface area (Å²) in [6.07, 6.45) is 0. The van der Waals surface area contributed by atoms with Crippen LogP contribution in [0.5, 0.6) is 0 Å². The van der Waals surface area contributed by atoms with E-state index in [-0.39, 0.29) is 28.6 Å². The van der Waals surface area contributed by atoms with Crippen molar-refractivity contribution in [3.8, 4) is 0 Å². The first-order valence-corrected chi connectivity index (χ1v) is 9.30. The molecule has 8 nitrogen and oxygen atoms in total. The smallest absolute Gasteiger partial charge is 0.269 e. The monoisotopic (exact) mass is 446 g/mol. The van der Waals surface area contributed by atoms with Crippen molar-refractivity contribution in [2.45, 2.75) is 13.5 Å². The molecule has 11 heteroatoms. The van der Waals surface area contributed by atoms with Gasteiger partial charge in [-0.1, -0.05) is 29.8 Å². The van der Waals surface area contributed by atoms with Crippen LogP contribution in [0.3, 0.4) is 0 Å². The molecule has 1 heterocycles. The number of anilines is 1. The van der Waals surface area contributed by atoms with Gasteiger partial charge >= 0.3 is 0 Å². The minimum absolute atomic E-state index is 0.000272. The maximum atomic E-state index is 13.4. The third-order valence-electron chi connectivity index (χ3n) is 4.05. The molecule has 0 saturated carbocycles. The van der Waals surface area contributed by atoms with Crippen LogP contribution in [0.2, 0.25) is 5.02 Å². The zero-order valence-corrected chi connectivity index (χ0v) is 16.9. The molecular formula is C20H17ClF2N6O2. The highest BCUT2D eigenvalue weighted by Gasteiger charge is 2.17. The number of para-hydroxylation sites is 1. The Morgan fingerprint density at radius 2 is 1.87 bits per heavy atom. The summed E-state index contributed by atoms with van der Waals surface area (Å²) in [6.45, 7) is 1.83. The Labute approximate surface area is 180 Å². The van der Waals surface area contributed by atoms with Gasteiger partial charge in [-0.15, -0.1) is 0 Å². The lowest BCUT2D eigenvalue weighted by molar-refractivity contribution is 0.0945. The highest BCUT2D eigenvalue weighted by atomic mass is 35.5. The van der Waals surface area contributed by atoms with Crippen molar-refractivity contribution in [2.24, 2.45) is 10.7 Å². The largest absolute Gasteiger partial charge is 0.387 e. The third kappa shape index (κ3) is 5.43. The van der Waals surface area contributed by atoms with E-state index in [0.717, 1.165) is 5.56 Å². The molecule has 2 amide bonds. The van der Waals surface area contributed by atoms with Gasteiger partial charge in [0.2, 0.25) is 0 Å². The Hall–Kier alpha value is -3.79. The van der Waals surface area contributed by atoms with Gasteiger partial charge < -0.3 is 16.4 Å². The molecule has 5 N–H and O–H groups in total. The van der Waals surface area contributed by atoms with Crippen molar-refractivity contribution >= 4 is 40.8 Å². The molecule has 0 spiro atoms. The van der Waals surface area contributed by atoms with Crippen molar-refractivity contribution < 1.29 is 18.4 Å². The predicted octanol–water partition coefficient (Wildman–Crippen LogP) is 3.53. The summed E-state index contributed by atoms with van der Waals surface area (Å²) in [7, 11) is 0. The van der Waals surface area contributed by atoms with Gasteiger partial charge in [0.05, 0.1) is 22.1 Å². The van der Waals surface area contributed by atoms with Gasteiger partial charge in [0, 0.05) is 12.6 Å². The van der Waals surface area contributed by atoms with Gasteiger partial charge in [-0.3, -0.25) is 14.7 Å². The summed E-state index contributed by atoms with van der Waals surface area (Å²) >= 11 is 5.79. The average Bonchev–Trinajstić information content (AvgIpc) is 3.18. The molecule has 0 aliphatic carbocycles. The molecule has 0 aliphatic rings. The minimum atomic E-state index is -1.22. The normalized spacial score (nSPS) is 11.3. The number of carbonyl (C=O) groups is 2. The standard InChI is InChI=1S/C20H17ClF2N6O2/c1-10(24)26-16-5-3-2-4-11(16)9-25-20(31)17-8-18(29-28-17)27-19(30)12-6-14(22)15(23)7-13(12)21/h2-8H,9H2,1H3,(H2,24,26)(H,25,31)(H2,27,28,29,30). The number of nitrogens with zero attached hydrogens (tertiary/aromatic N) is 2. The number of aromatic nitrogens is 2. The first-order valence-electron chi connectivity index (χ1n) is 8.92. The molecule has 0 radical (unpaired) electrons. The van der Waals surface area contributed by atoms with Crippen LogP contribution >= 0.6 is 11.6 Å². The molecule has 1 aromatic heterocycles. The Balaban J connectivity index is 1.66. The van der Waals surface area contributed by atoms with Crippen LogP contribution in [0.25, 0.3) is 0 Å². The highest BCUT2D eigenvalue weighted by molar-refractivity contribution is 6.34. The maximum absolute atomic E-state index is 13.4. The molecule has 0 aliphatic heterocycles. The molecule has 0 atom stereocenters. The van der Waals surface area contributed by atoms with Gasteiger partial charge in [0.25, 0.3) is 11.8 Å². The lowest BCUT2D eigenvalue weighted by atomic mass is 10.2. The van der Waals surface area contributed by atoms with E-state index >= 15 is 0 Å². The fourth-order valence-electron chi connectivity index (χ4n) is 2.61. The number of nitrogens with one attached hydrogen (secondary N) is 3. The maximum Gasteiger partial charge on any atom is 0.269 e. The summed E-state index contributed by atoms with van der Waals surface area (Å²) < 4.78 is 26.5. The molecule has 0 fully saturated rings. The molecule has 2 aromatic carbocycles. The van der Waals surface area contributed by atoms with Crippen molar-refractivity contribution in [3.63, 3.8) is 0 Å². The number of hydrogen-bond donors (Lipinski definition) is 4. The lowest BCUT2D eigenvalue weighted by Gasteiger charge is -2.07. The molecule has 0 saturated heterocycles. The number of benzene rings is 2. The van der Waals surface area contributed by atoms with Gasteiger partial charge in [-0.05, 0) is 30.7 Å². The molecule has 3 aromatic rings. The molecule has 3 rings (SSSR count). The lowest BCUT2D eigenvalue weighted by Crippen LogP contribution is -2.23. The van der Waals surface area contributed by atoms with E-state index in [1.807, 2.05) is 0 Å². The Bertz CT molecular complexity index is 1170. The van der Waals surface area contributed by atoms with Crippen LogP contribution in [0.1, 0.15) is 33.3 Å². The quantitative estimate of drug-likeness (QED) is 0.262. The molecule has 0 unspecified atom stereocenters. The minimum Gasteiger partial charge on any atom is -0.387 e. The number of aliphatic imine (C=N–C) groups is 1. The number of hydrogen-bond acceptors (Lipinski definition) is 4. The number of halogens is 3. The second kappa shape index (κ2) is 9.35. The van der Waals surface area contributed by atoms with Gasteiger partial charge in [0.15, 0.2) is 17.5 Å². The summed E-state index contributed by atoms with van der Waals surface area (Å²) in [6, 6.07) is 9.84. The Morgan fingerprint density at radius 1 is 1.16 bits per heavy atom. The van der Waals surface area contributed by atoms with Crippen LogP contribution in [-0.2, 0) is 6.54 Å². The molecule has 31 heavy (non-hydrogen) atoms. The van der Waals surface area contributed by atoms with Gasteiger partial charge in [-0.2, -0.15) is 5.10 Å². The van der Waals surface area contributed by atoms with Crippen LogP contribution in [0.15, 0.2) is 47.5 Å². The first-order chi connectivity index (χ1) is 14.7. The van der Waals surface area contributed by atoms with E-state index in [0.29, 0.717) is 23.7 Å². The Kier molecular flexibility index (Phi) is 6.61. The number of amidine groups is 1. The highest BCUT2D eigenvalue weighted by Crippen LogP contribution is 2.21. The van der Waals surface area contributed by atoms with Gasteiger partial charge in [-0.25, -0.2) is 13.8 Å². The molecular weight excluding hydrogens is 430 g/mol. The van der Waals surface area contributed by atoms with E-state index in [2.05, 4.69) is 25.8 Å². The zero-order valence-electron chi connectivity index (χ0n) is 16.2. The van der Waals surface area contributed by atoms with Crippen molar-refractivity contribution in [1.82, 2.24) is 15.5 Å². The van der Waals surface area contributed by atoms with Crippen LogP contribution in [-0.4, -0.2) is 27.8 Å². The summed E-state index contributed by atoms with van der Waals surface area (Å²) in [5, 5.41) is 11.1. The number of H-pyrrole nitrogens is 1. The fraction of sp³-hybridized carbons (Fsp3) is 0.100. The SMILES string of the molecule is CC(N)=Nc1ccccc1CNC(=O)c1cc(NC(=O)c2cc(F)c(F)cc2Cl)n[nH]1. The topological polar surface area (TPSA) is 125 Å². The second-order valence-corrected chi connectivity index (χ2v) is 6.84. The summed E-state index contributed by atoms with van der Waals surface area (Å²) in [5.74, 6) is -3.30. The van der Waals surface area contributed by atoms with Gasteiger partial charge in [0.1, 0.15) is 5.69 Å². The van der Waals surface area contributed by atoms with E-state index in [1.165, 1.54) is 6.07 Å². The third-order valence-corrected chi connectivity index (χ3v) is 4.36. The number of amides is 2. The van der Waals surface area contributed by atoms with Crippen LogP contribution < -0.4 is 16.4 Å². The molecule has 0 bridgehead atoms. The fourth-order valence-corrected chi connectivity index (χ4v) is 2.85. The zero-order chi connectivity index (χ0) is 22.5. The predicted molar refractivity (Wildman–Crippen MR) is 112 cm³/mol. The average molecular weight is 447 g/mol. The number of aromatic amines is 1. The van der Waals surface area contributed by atoms with Crippen molar-refractivity contribution in [1.29, 1.82) is 0 Å². The van der Waals surface area contributed by atoms with Crippen molar-refractivity contribution in [3.05, 3.63) is 75.9 Å². The number of nitrogens with two attached hydrogens (primary N) is 1. The second-order valence-electron chi connectivity index (χ2n) is 6.43. The van der Waals surface area contributed by atoms with E-state index in [1.54, 1.807) is 31.2 Å². The van der Waals surface area contributed by atoms with E-state index in [4.69, 9.17) is 17.3 Å². The number of carbonyl (C=O) groups excluding carboxylic acids is 2. The van der Waals surface area contributed by atoms with Crippen molar-refractivity contribution in [2.75, 3.05) is 5.32 Å². The first kappa shape index (κ1) is 21.9. The molecule has 160 valence electrons. The number of rotatable bonds is 6. The van der Waals surface area contributed by atoms with Crippen LogP contribution in [0.4, 0.5) is 20.3 Å². The summed E-state index contributed by atoms with van der Waals surface area (Å²) in [4.78, 5) is 28.8. The Morgan fingerprint density at radius 3 is 2.61 bits per heavy atom. The van der Waals surface area contributed by atoms with Crippen LogP contribution in [0, 0.1) is 11.6 Å².